The summed E-state index contributed by atoms with van der Waals surface area (Å²) in [7, 11) is 0. The molecule has 0 spiro atoms. The average molecular weight is 334 g/mol. The third kappa shape index (κ3) is 2.63. The number of fused-ring (bicyclic) bond motifs is 2. The topological polar surface area (TPSA) is 67.0 Å². The number of benzene rings is 1. The van der Waals surface area contributed by atoms with Crippen molar-refractivity contribution in [1.82, 2.24) is 4.98 Å². The van der Waals surface area contributed by atoms with Crippen LogP contribution in [0.1, 0.15) is 12.0 Å². The normalized spacial score (nSPS) is 11.2. The third-order valence-electron chi connectivity index (χ3n) is 3.97. The highest BCUT2D eigenvalue weighted by atomic mass is 32.1. The van der Waals surface area contributed by atoms with Gasteiger partial charge in [0.05, 0.1) is 5.36 Å². The van der Waals surface area contributed by atoms with Gasteiger partial charge in [-0.05, 0) is 41.6 Å². The van der Waals surface area contributed by atoms with Crippen LogP contribution in [0.3, 0.4) is 0 Å². The van der Waals surface area contributed by atoms with Crippen LogP contribution in [0, 0.1) is 5.41 Å². The van der Waals surface area contributed by atoms with Crippen LogP contribution in [0.25, 0.3) is 32.5 Å². The quantitative estimate of drug-likeness (QED) is 0.565. The lowest BCUT2D eigenvalue weighted by Crippen LogP contribution is -2.02. The highest BCUT2D eigenvalue weighted by Crippen LogP contribution is 2.27. The highest BCUT2D eigenvalue weighted by Gasteiger charge is 2.08. The molecule has 3 heterocycles. The van der Waals surface area contributed by atoms with Crippen molar-refractivity contribution >= 4 is 38.7 Å². The Labute approximate surface area is 141 Å². The number of nitrogens with one attached hydrogen (secondary N) is 1. The molecule has 0 atom stereocenters. The molecule has 0 unspecified atom stereocenters. The Morgan fingerprint density at radius 1 is 1.21 bits per heavy atom. The molecule has 5 heteroatoms. The second-order valence-electron chi connectivity index (χ2n) is 5.59. The molecule has 0 fully saturated rings. The van der Waals surface area contributed by atoms with Gasteiger partial charge in [-0.2, -0.15) is 0 Å². The molecule has 0 saturated carbocycles. The Bertz CT molecular complexity index is 1110. The zero-order valence-corrected chi connectivity index (χ0v) is 13.6. The summed E-state index contributed by atoms with van der Waals surface area (Å²) in [5.74, 6) is 0.587. The van der Waals surface area contributed by atoms with Crippen molar-refractivity contribution in [3.8, 4) is 11.5 Å². The van der Waals surface area contributed by atoms with Gasteiger partial charge in [0.15, 0.2) is 5.76 Å². The van der Waals surface area contributed by atoms with E-state index in [1.54, 1.807) is 17.4 Å². The first kappa shape index (κ1) is 14.8. The van der Waals surface area contributed by atoms with Gasteiger partial charge in [0.1, 0.15) is 17.6 Å². The summed E-state index contributed by atoms with van der Waals surface area (Å²) in [5.41, 5.74) is 2.41. The minimum Gasteiger partial charge on any atom is -0.454 e. The lowest BCUT2D eigenvalue weighted by Gasteiger charge is -2.05. The summed E-state index contributed by atoms with van der Waals surface area (Å²) in [6.45, 7) is 0. The molecule has 0 saturated heterocycles. The van der Waals surface area contributed by atoms with Gasteiger partial charge in [0.2, 0.25) is 0 Å². The molecule has 4 aromatic rings. The molecule has 0 aliphatic heterocycles. The molecule has 24 heavy (non-hydrogen) atoms. The molecule has 0 amide bonds. The van der Waals surface area contributed by atoms with Crippen molar-refractivity contribution in [2.45, 2.75) is 12.8 Å². The summed E-state index contributed by atoms with van der Waals surface area (Å²) in [5, 5.41) is 12.6. The second kappa shape index (κ2) is 6.02. The van der Waals surface area contributed by atoms with Crippen LogP contribution in [-0.2, 0) is 11.2 Å². The van der Waals surface area contributed by atoms with Gasteiger partial charge in [-0.3, -0.25) is 10.4 Å². The Morgan fingerprint density at radius 3 is 3.00 bits per heavy atom. The minimum atomic E-state index is 0.396. The number of carbonyl (C=O) groups is 1. The predicted octanol–water partition coefficient (Wildman–Crippen LogP) is 4.32. The molecule has 118 valence electrons. The van der Waals surface area contributed by atoms with Crippen molar-refractivity contribution in [3.05, 3.63) is 58.9 Å². The molecule has 0 aliphatic rings. The number of aldehydes is 1. The minimum absolute atomic E-state index is 0.396. The zero-order valence-electron chi connectivity index (χ0n) is 12.8. The van der Waals surface area contributed by atoms with Crippen LogP contribution in [0.15, 0.2) is 52.4 Å². The summed E-state index contributed by atoms with van der Waals surface area (Å²) < 4.78 is 7.11. The molecule has 0 bridgehead atoms. The van der Waals surface area contributed by atoms with Crippen LogP contribution in [0.5, 0.6) is 0 Å². The van der Waals surface area contributed by atoms with E-state index in [2.05, 4.69) is 4.98 Å². The first-order valence-corrected chi connectivity index (χ1v) is 8.51. The van der Waals surface area contributed by atoms with Gasteiger partial charge in [-0.15, -0.1) is 11.3 Å². The van der Waals surface area contributed by atoms with E-state index in [1.165, 1.54) is 0 Å². The van der Waals surface area contributed by atoms with E-state index < -0.39 is 0 Å². The Balaban J connectivity index is 1.82. The lowest BCUT2D eigenvalue weighted by molar-refractivity contribution is -0.107. The number of thiophene rings is 1. The van der Waals surface area contributed by atoms with Crippen LogP contribution >= 0.6 is 11.3 Å². The van der Waals surface area contributed by atoms with Gasteiger partial charge < -0.3 is 9.21 Å². The monoisotopic (exact) mass is 334 g/mol. The first-order chi connectivity index (χ1) is 11.7. The van der Waals surface area contributed by atoms with E-state index in [0.29, 0.717) is 29.5 Å². The van der Waals surface area contributed by atoms with Gasteiger partial charge in [0.25, 0.3) is 0 Å². The SMILES string of the molecule is N=c1cc(-c2cc3sccc3cn2)oc2ccc(CCC=O)cc12. The van der Waals surface area contributed by atoms with Crippen LogP contribution in [0.2, 0.25) is 0 Å². The highest BCUT2D eigenvalue weighted by molar-refractivity contribution is 7.17. The second-order valence-corrected chi connectivity index (χ2v) is 6.54. The summed E-state index contributed by atoms with van der Waals surface area (Å²) in [6.07, 6.45) is 3.90. The number of nitrogens with zero attached hydrogens (tertiary/aromatic N) is 1. The molecule has 0 radical (unpaired) electrons. The molecular formula is C19H14N2O2S. The van der Waals surface area contributed by atoms with Crippen molar-refractivity contribution in [2.75, 3.05) is 0 Å². The third-order valence-corrected chi connectivity index (χ3v) is 4.85. The fraction of sp³-hybridized carbons (Fsp3) is 0.105. The molecular weight excluding hydrogens is 320 g/mol. The van der Waals surface area contributed by atoms with E-state index in [9.17, 15) is 4.79 Å². The van der Waals surface area contributed by atoms with Crippen LogP contribution in [0.4, 0.5) is 0 Å². The molecule has 0 aliphatic carbocycles. The van der Waals surface area contributed by atoms with Gasteiger partial charge in [0, 0.05) is 34.2 Å². The number of aryl methyl sites for hydroxylation is 1. The summed E-state index contributed by atoms with van der Waals surface area (Å²) >= 11 is 1.66. The van der Waals surface area contributed by atoms with E-state index in [-0.39, 0.29) is 0 Å². The number of rotatable bonds is 4. The number of carbonyl (C=O) groups excluding carboxylic acids is 1. The fourth-order valence-electron chi connectivity index (χ4n) is 2.73. The van der Waals surface area contributed by atoms with Gasteiger partial charge in [-0.1, -0.05) is 6.07 Å². The maximum absolute atomic E-state index is 10.5. The molecule has 4 rings (SSSR count). The predicted molar refractivity (Wildman–Crippen MR) is 95.1 cm³/mol. The fourth-order valence-corrected chi connectivity index (χ4v) is 3.53. The zero-order chi connectivity index (χ0) is 16.5. The average Bonchev–Trinajstić information content (AvgIpc) is 3.07. The van der Waals surface area contributed by atoms with Gasteiger partial charge >= 0.3 is 0 Å². The number of aromatic nitrogens is 1. The molecule has 1 N–H and O–H groups in total. The Morgan fingerprint density at radius 2 is 2.12 bits per heavy atom. The van der Waals surface area contributed by atoms with Crippen molar-refractivity contribution < 1.29 is 9.21 Å². The first-order valence-electron chi connectivity index (χ1n) is 7.63. The van der Waals surface area contributed by atoms with Crippen LogP contribution < -0.4 is 5.36 Å². The summed E-state index contributed by atoms with van der Waals surface area (Å²) in [4.78, 5) is 15.0. The van der Waals surface area contributed by atoms with Crippen molar-refractivity contribution in [3.63, 3.8) is 0 Å². The summed E-state index contributed by atoms with van der Waals surface area (Å²) in [6, 6.07) is 11.4. The number of hydrogen-bond acceptors (Lipinski definition) is 5. The van der Waals surface area contributed by atoms with E-state index >= 15 is 0 Å². The van der Waals surface area contributed by atoms with E-state index in [0.717, 1.165) is 33.0 Å². The smallest absolute Gasteiger partial charge is 0.155 e. The van der Waals surface area contributed by atoms with E-state index in [4.69, 9.17) is 9.83 Å². The van der Waals surface area contributed by atoms with Crippen molar-refractivity contribution in [2.24, 2.45) is 0 Å². The van der Waals surface area contributed by atoms with E-state index in [1.807, 2.05) is 41.9 Å². The number of hydrogen-bond donors (Lipinski definition) is 1. The Hall–Kier alpha value is -2.79. The van der Waals surface area contributed by atoms with Crippen LogP contribution in [-0.4, -0.2) is 11.3 Å². The largest absolute Gasteiger partial charge is 0.454 e. The lowest BCUT2D eigenvalue weighted by atomic mass is 10.1. The maximum atomic E-state index is 10.5. The Kier molecular flexibility index (Phi) is 3.70. The standard InChI is InChI=1S/C19H14N2O2S/c20-15-9-18(16-10-19-13(11-21-16)5-7-24-19)23-17-4-3-12(2-1-6-22)8-14(15)17/h3-11,20H,1-2H2. The maximum Gasteiger partial charge on any atom is 0.155 e. The molecule has 3 aromatic heterocycles. The number of pyridine rings is 1. The molecule has 1 aromatic carbocycles. The van der Waals surface area contributed by atoms with Gasteiger partial charge in [-0.25, -0.2) is 0 Å². The molecule has 4 nitrogen and oxygen atoms in total. The van der Waals surface area contributed by atoms with Crippen molar-refractivity contribution in [1.29, 1.82) is 5.41 Å².